The van der Waals surface area contributed by atoms with E-state index in [9.17, 15) is 4.79 Å². The van der Waals surface area contributed by atoms with E-state index in [-0.39, 0.29) is 0 Å². The van der Waals surface area contributed by atoms with Gasteiger partial charge in [0.25, 0.3) is 0 Å². The van der Waals surface area contributed by atoms with Crippen LogP contribution >= 0.6 is 0 Å². The van der Waals surface area contributed by atoms with Crippen molar-refractivity contribution in [3.63, 3.8) is 0 Å². The molecule has 1 rings (SSSR count). The van der Waals surface area contributed by atoms with Gasteiger partial charge in [0, 0.05) is 0 Å². The SMILES string of the molecule is CC(C[C@H](N)C(=O)O)C1CCCCC1. The number of carboxylic acid groups (broad SMARTS) is 1. The molecule has 0 saturated heterocycles. The molecule has 14 heavy (non-hydrogen) atoms. The van der Waals surface area contributed by atoms with Crippen molar-refractivity contribution < 1.29 is 9.90 Å². The van der Waals surface area contributed by atoms with E-state index in [1.807, 2.05) is 0 Å². The van der Waals surface area contributed by atoms with E-state index in [4.69, 9.17) is 10.8 Å². The molecule has 3 heteroatoms. The van der Waals surface area contributed by atoms with Crippen LogP contribution in [-0.2, 0) is 4.79 Å². The molecule has 0 aromatic rings. The second-order valence-corrected chi connectivity index (χ2v) is 4.56. The molecular formula is C11H21NO2. The van der Waals surface area contributed by atoms with Crippen LogP contribution in [0.4, 0.5) is 0 Å². The van der Waals surface area contributed by atoms with E-state index in [0.29, 0.717) is 18.3 Å². The summed E-state index contributed by atoms with van der Waals surface area (Å²) in [6.45, 7) is 2.14. The van der Waals surface area contributed by atoms with Gasteiger partial charge in [-0.3, -0.25) is 4.79 Å². The summed E-state index contributed by atoms with van der Waals surface area (Å²) in [5, 5.41) is 8.70. The molecule has 3 N–H and O–H groups in total. The summed E-state index contributed by atoms with van der Waals surface area (Å²) in [4.78, 5) is 10.6. The molecule has 0 aromatic carbocycles. The zero-order valence-corrected chi connectivity index (χ0v) is 8.91. The Morgan fingerprint density at radius 2 is 2.00 bits per heavy atom. The van der Waals surface area contributed by atoms with E-state index in [2.05, 4.69) is 6.92 Å². The lowest BCUT2D eigenvalue weighted by molar-refractivity contribution is -0.139. The Hall–Kier alpha value is -0.570. The van der Waals surface area contributed by atoms with Crippen LogP contribution in [0.3, 0.4) is 0 Å². The van der Waals surface area contributed by atoms with Crippen molar-refractivity contribution in [2.75, 3.05) is 0 Å². The third-order valence-electron chi connectivity index (χ3n) is 3.40. The second-order valence-electron chi connectivity index (χ2n) is 4.56. The van der Waals surface area contributed by atoms with E-state index in [0.717, 1.165) is 0 Å². The van der Waals surface area contributed by atoms with Gasteiger partial charge in [-0.15, -0.1) is 0 Å². The quantitative estimate of drug-likeness (QED) is 0.728. The minimum absolute atomic E-state index is 0.460. The number of carbonyl (C=O) groups is 1. The fourth-order valence-corrected chi connectivity index (χ4v) is 2.40. The maximum Gasteiger partial charge on any atom is 0.320 e. The summed E-state index contributed by atoms with van der Waals surface area (Å²) >= 11 is 0. The Bertz CT molecular complexity index is 188. The highest BCUT2D eigenvalue weighted by Gasteiger charge is 2.23. The Labute approximate surface area is 85.7 Å². The highest BCUT2D eigenvalue weighted by molar-refractivity contribution is 5.73. The minimum atomic E-state index is -0.868. The molecule has 0 heterocycles. The van der Waals surface area contributed by atoms with Gasteiger partial charge in [0.1, 0.15) is 6.04 Å². The van der Waals surface area contributed by atoms with E-state index in [1.54, 1.807) is 0 Å². The number of aliphatic carboxylic acids is 1. The lowest BCUT2D eigenvalue weighted by Crippen LogP contribution is -2.33. The fraction of sp³-hybridized carbons (Fsp3) is 0.909. The number of hydrogen-bond donors (Lipinski definition) is 2. The predicted octanol–water partition coefficient (Wildman–Crippen LogP) is 2.00. The molecule has 82 valence electrons. The molecule has 0 aliphatic heterocycles. The summed E-state index contributed by atoms with van der Waals surface area (Å²) < 4.78 is 0. The molecule has 0 bridgehead atoms. The standard InChI is InChI=1S/C11H21NO2/c1-8(7-10(12)11(13)14)9-5-3-2-4-6-9/h8-10H,2-7,12H2,1H3,(H,13,14)/t8?,10-/m0/s1. The van der Waals surface area contributed by atoms with Crippen LogP contribution in [0.2, 0.25) is 0 Å². The predicted molar refractivity (Wildman–Crippen MR) is 56.0 cm³/mol. The van der Waals surface area contributed by atoms with E-state index >= 15 is 0 Å². The lowest BCUT2D eigenvalue weighted by Gasteiger charge is -2.28. The van der Waals surface area contributed by atoms with Gasteiger partial charge in [-0.2, -0.15) is 0 Å². The van der Waals surface area contributed by atoms with Crippen molar-refractivity contribution in [3.05, 3.63) is 0 Å². The molecule has 1 fully saturated rings. The summed E-state index contributed by atoms with van der Waals surface area (Å²) in [5.41, 5.74) is 5.52. The number of nitrogens with two attached hydrogens (primary N) is 1. The van der Waals surface area contributed by atoms with Crippen LogP contribution in [0.5, 0.6) is 0 Å². The van der Waals surface area contributed by atoms with Gasteiger partial charge in [-0.05, 0) is 18.3 Å². The Kier molecular flexibility index (Phi) is 4.39. The lowest BCUT2D eigenvalue weighted by atomic mass is 9.78. The van der Waals surface area contributed by atoms with Crippen LogP contribution in [0.1, 0.15) is 45.4 Å². The monoisotopic (exact) mass is 199 g/mol. The van der Waals surface area contributed by atoms with Gasteiger partial charge < -0.3 is 10.8 Å². The number of hydrogen-bond acceptors (Lipinski definition) is 2. The summed E-state index contributed by atoms with van der Waals surface area (Å²) in [5.74, 6) is 0.295. The Morgan fingerprint density at radius 1 is 1.43 bits per heavy atom. The largest absolute Gasteiger partial charge is 0.480 e. The summed E-state index contributed by atoms with van der Waals surface area (Å²) in [6.07, 6.45) is 7.09. The van der Waals surface area contributed by atoms with Crippen molar-refractivity contribution in [3.8, 4) is 0 Å². The van der Waals surface area contributed by atoms with Crippen molar-refractivity contribution >= 4 is 5.97 Å². The van der Waals surface area contributed by atoms with Crippen molar-refractivity contribution in [2.24, 2.45) is 17.6 Å². The number of carboxylic acids is 1. The van der Waals surface area contributed by atoms with Crippen molar-refractivity contribution in [2.45, 2.75) is 51.5 Å². The Balaban J connectivity index is 2.32. The molecule has 2 atom stereocenters. The Morgan fingerprint density at radius 3 is 2.50 bits per heavy atom. The molecule has 1 saturated carbocycles. The minimum Gasteiger partial charge on any atom is -0.480 e. The van der Waals surface area contributed by atoms with Crippen LogP contribution in [0.25, 0.3) is 0 Å². The van der Waals surface area contributed by atoms with Gasteiger partial charge in [-0.25, -0.2) is 0 Å². The molecule has 0 amide bonds. The first-order valence-electron chi connectivity index (χ1n) is 5.59. The fourth-order valence-electron chi connectivity index (χ4n) is 2.40. The van der Waals surface area contributed by atoms with E-state index < -0.39 is 12.0 Å². The third kappa shape index (κ3) is 3.29. The van der Waals surface area contributed by atoms with Crippen LogP contribution in [0, 0.1) is 11.8 Å². The van der Waals surface area contributed by atoms with Gasteiger partial charge in [0.2, 0.25) is 0 Å². The second kappa shape index (κ2) is 5.35. The zero-order chi connectivity index (χ0) is 10.6. The first kappa shape index (κ1) is 11.5. The van der Waals surface area contributed by atoms with E-state index in [1.165, 1.54) is 32.1 Å². The van der Waals surface area contributed by atoms with Crippen molar-refractivity contribution in [1.82, 2.24) is 0 Å². The normalized spacial score (nSPS) is 23.0. The maximum atomic E-state index is 10.6. The summed E-state index contributed by atoms with van der Waals surface area (Å²) in [7, 11) is 0. The first-order valence-corrected chi connectivity index (χ1v) is 5.59. The highest BCUT2D eigenvalue weighted by Crippen LogP contribution is 2.31. The summed E-state index contributed by atoms with van der Waals surface area (Å²) in [6, 6.07) is -0.674. The average Bonchev–Trinajstić information content (AvgIpc) is 2.19. The van der Waals surface area contributed by atoms with Crippen LogP contribution in [0.15, 0.2) is 0 Å². The molecule has 1 unspecified atom stereocenters. The molecular weight excluding hydrogens is 178 g/mol. The number of rotatable bonds is 4. The van der Waals surface area contributed by atoms with Gasteiger partial charge in [0.15, 0.2) is 0 Å². The van der Waals surface area contributed by atoms with Crippen LogP contribution in [-0.4, -0.2) is 17.1 Å². The first-order chi connectivity index (χ1) is 6.61. The molecule has 1 aliphatic carbocycles. The molecule has 0 radical (unpaired) electrons. The van der Waals surface area contributed by atoms with Crippen molar-refractivity contribution in [1.29, 1.82) is 0 Å². The van der Waals surface area contributed by atoms with Crippen LogP contribution < -0.4 is 5.73 Å². The molecule has 3 nitrogen and oxygen atoms in total. The maximum absolute atomic E-state index is 10.6. The van der Waals surface area contributed by atoms with Gasteiger partial charge in [-0.1, -0.05) is 39.0 Å². The average molecular weight is 199 g/mol. The zero-order valence-electron chi connectivity index (χ0n) is 8.91. The third-order valence-corrected chi connectivity index (χ3v) is 3.40. The highest BCUT2D eigenvalue weighted by atomic mass is 16.4. The topological polar surface area (TPSA) is 63.3 Å². The smallest absolute Gasteiger partial charge is 0.320 e. The van der Waals surface area contributed by atoms with Gasteiger partial charge in [0.05, 0.1) is 0 Å². The molecule has 1 aliphatic rings. The molecule has 0 aromatic heterocycles. The molecule has 0 spiro atoms. The van der Waals surface area contributed by atoms with Gasteiger partial charge >= 0.3 is 5.97 Å².